The van der Waals surface area contributed by atoms with E-state index >= 15 is 0 Å². The van der Waals surface area contributed by atoms with E-state index in [4.69, 9.17) is 0 Å². The molecule has 2 aromatic rings. The van der Waals surface area contributed by atoms with Gasteiger partial charge in [0.05, 0.1) is 0 Å². The summed E-state index contributed by atoms with van der Waals surface area (Å²) < 4.78 is 0. The van der Waals surface area contributed by atoms with Crippen LogP contribution in [0.5, 0.6) is 0 Å². The maximum Gasteiger partial charge on any atom is 0 e. The van der Waals surface area contributed by atoms with E-state index in [2.05, 4.69) is 68.5 Å². The summed E-state index contributed by atoms with van der Waals surface area (Å²) in [6.07, 6.45) is 11.1. The average Bonchev–Trinajstić information content (AvgIpc) is 2.98. The van der Waals surface area contributed by atoms with Gasteiger partial charge in [0.25, 0.3) is 0 Å². The van der Waals surface area contributed by atoms with Crippen molar-refractivity contribution in [3.8, 4) is 0 Å². The zero-order valence-corrected chi connectivity index (χ0v) is 21.3. The molecular weight excluding hydrogens is 392 g/mol. The Morgan fingerprint density at radius 2 is 0.793 bits per heavy atom. The van der Waals surface area contributed by atoms with E-state index < -0.39 is 0 Å². The van der Waals surface area contributed by atoms with Crippen LogP contribution in [0.25, 0.3) is 0 Å². The first kappa shape index (κ1) is 27.7. The summed E-state index contributed by atoms with van der Waals surface area (Å²) in [6.45, 7) is 25.4. The van der Waals surface area contributed by atoms with Gasteiger partial charge in [-0.05, 0) is 12.8 Å². The predicted molar refractivity (Wildman–Crippen MR) is 128 cm³/mol. The molecule has 164 valence electrons. The Morgan fingerprint density at radius 1 is 0.552 bits per heavy atom. The van der Waals surface area contributed by atoms with E-state index in [-0.39, 0.29) is 17.1 Å². The molecule has 0 atom stereocenters. The van der Waals surface area contributed by atoms with E-state index in [1.807, 2.05) is 12.2 Å². The molecule has 2 aromatic carbocycles. The first-order valence-corrected chi connectivity index (χ1v) is 10.8. The van der Waals surface area contributed by atoms with Crippen LogP contribution in [-0.4, -0.2) is 0 Å². The van der Waals surface area contributed by atoms with Crippen molar-refractivity contribution in [1.82, 2.24) is 0 Å². The van der Waals surface area contributed by atoms with Gasteiger partial charge in [0.15, 0.2) is 0 Å². The Morgan fingerprint density at radius 3 is 1.00 bits per heavy atom. The number of hydrogen-bond acceptors (Lipinski definition) is 0. The molecule has 0 saturated carbocycles. The topological polar surface area (TPSA) is 0 Å². The van der Waals surface area contributed by atoms with Gasteiger partial charge in [-0.3, -0.25) is 0 Å². The predicted octanol–water partition coefficient (Wildman–Crippen LogP) is 8.29. The molecule has 0 nitrogen and oxygen atoms in total. The molecule has 29 heavy (non-hydrogen) atoms. The van der Waals surface area contributed by atoms with Crippen LogP contribution >= 0.6 is 0 Å². The van der Waals surface area contributed by atoms with Crippen LogP contribution < -0.4 is 0 Å². The van der Waals surface area contributed by atoms with Crippen LogP contribution in [0.15, 0.2) is 25.3 Å². The molecule has 0 heterocycles. The Balaban J connectivity index is 0.000000523. The standard InChI is InChI=1S/2C14H21.Fe/c2*1-6-7-8-9-14-12(4)10(2)11(3)13(14)5;/h2*6H,1,7-9H2,2-5H3;/q2*-1;. The molecule has 0 spiro atoms. The molecule has 0 aromatic heterocycles. The molecule has 0 aliphatic heterocycles. The molecule has 0 saturated heterocycles. The van der Waals surface area contributed by atoms with Gasteiger partial charge in [0.2, 0.25) is 0 Å². The second kappa shape index (κ2) is 13.1. The van der Waals surface area contributed by atoms with E-state index in [9.17, 15) is 0 Å². The van der Waals surface area contributed by atoms with Crippen molar-refractivity contribution in [2.75, 3.05) is 0 Å². The summed E-state index contributed by atoms with van der Waals surface area (Å²) in [4.78, 5) is 0. The van der Waals surface area contributed by atoms with Crippen LogP contribution in [0.1, 0.15) is 81.3 Å². The Kier molecular flexibility index (Phi) is 12.5. The zero-order valence-electron chi connectivity index (χ0n) is 20.2. The van der Waals surface area contributed by atoms with Gasteiger partial charge in [-0.15, -0.1) is 13.2 Å². The quantitative estimate of drug-likeness (QED) is 0.170. The fourth-order valence-corrected chi connectivity index (χ4v) is 4.19. The third-order valence-corrected chi connectivity index (χ3v) is 6.86. The zero-order chi connectivity index (χ0) is 21.4. The Labute approximate surface area is 191 Å². The Bertz CT molecular complexity index is 676. The maximum atomic E-state index is 3.76. The second-order valence-corrected chi connectivity index (χ2v) is 8.32. The van der Waals surface area contributed by atoms with Crippen LogP contribution in [0.2, 0.25) is 0 Å². The molecule has 2 rings (SSSR count). The minimum Gasteiger partial charge on any atom is -0.196 e. The summed E-state index contributed by atoms with van der Waals surface area (Å²) >= 11 is 0. The smallest absolute Gasteiger partial charge is 0 e. The molecule has 0 aliphatic rings. The van der Waals surface area contributed by atoms with E-state index in [0.717, 1.165) is 12.8 Å². The number of unbranched alkanes of at least 4 members (excludes halogenated alkanes) is 2. The fraction of sp³-hybridized carbons (Fsp3) is 0.500. The monoisotopic (exact) mass is 434 g/mol. The van der Waals surface area contributed by atoms with Crippen molar-refractivity contribution in [3.63, 3.8) is 0 Å². The fourth-order valence-electron chi connectivity index (χ4n) is 4.19. The van der Waals surface area contributed by atoms with Crippen molar-refractivity contribution >= 4 is 0 Å². The molecule has 0 radical (unpaired) electrons. The van der Waals surface area contributed by atoms with Crippen molar-refractivity contribution in [2.45, 2.75) is 93.9 Å². The molecule has 0 bridgehead atoms. The number of rotatable bonds is 8. The van der Waals surface area contributed by atoms with Crippen molar-refractivity contribution < 1.29 is 17.1 Å². The van der Waals surface area contributed by atoms with E-state index in [1.165, 1.54) is 70.2 Å². The summed E-state index contributed by atoms with van der Waals surface area (Å²) in [5.74, 6) is 0. The van der Waals surface area contributed by atoms with Crippen LogP contribution in [0.4, 0.5) is 0 Å². The third kappa shape index (κ3) is 6.87. The first-order chi connectivity index (χ1) is 13.2. The molecule has 0 aliphatic carbocycles. The van der Waals surface area contributed by atoms with Gasteiger partial charge in [0, 0.05) is 17.1 Å². The van der Waals surface area contributed by atoms with Gasteiger partial charge in [-0.1, -0.05) is 93.2 Å². The van der Waals surface area contributed by atoms with Gasteiger partial charge in [0.1, 0.15) is 0 Å². The second-order valence-electron chi connectivity index (χ2n) is 8.32. The summed E-state index contributed by atoms with van der Waals surface area (Å²) in [7, 11) is 0. The first-order valence-electron chi connectivity index (χ1n) is 10.8. The van der Waals surface area contributed by atoms with Gasteiger partial charge >= 0.3 is 0 Å². The van der Waals surface area contributed by atoms with E-state index in [1.54, 1.807) is 11.1 Å². The molecular formula is C28H42Fe-2. The van der Waals surface area contributed by atoms with Gasteiger partial charge in [-0.2, -0.15) is 55.6 Å². The van der Waals surface area contributed by atoms with Gasteiger partial charge in [-0.25, -0.2) is 0 Å². The van der Waals surface area contributed by atoms with Crippen LogP contribution in [0.3, 0.4) is 0 Å². The number of hydrogen-bond donors (Lipinski definition) is 0. The summed E-state index contributed by atoms with van der Waals surface area (Å²) in [5.41, 5.74) is 15.1. The largest absolute Gasteiger partial charge is 0.196 e. The molecule has 0 N–H and O–H groups in total. The van der Waals surface area contributed by atoms with Crippen LogP contribution in [0, 0.1) is 55.4 Å². The number of allylic oxidation sites excluding steroid dienone is 2. The maximum absolute atomic E-state index is 3.76. The normalized spacial score (nSPS) is 10.2. The molecule has 0 unspecified atom stereocenters. The minimum atomic E-state index is 0. The SMILES string of the molecule is C=CCCC[c-]1c(C)c(C)c(C)c1C.C=CCCC[c-]1c(C)c(C)c(C)c1C.[Fe]. The summed E-state index contributed by atoms with van der Waals surface area (Å²) in [6, 6.07) is 0. The third-order valence-electron chi connectivity index (χ3n) is 6.86. The average molecular weight is 434 g/mol. The van der Waals surface area contributed by atoms with Crippen molar-refractivity contribution in [1.29, 1.82) is 0 Å². The van der Waals surface area contributed by atoms with Crippen molar-refractivity contribution in [2.24, 2.45) is 0 Å². The van der Waals surface area contributed by atoms with E-state index in [0.29, 0.717) is 0 Å². The molecule has 1 heteroatoms. The van der Waals surface area contributed by atoms with Gasteiger partial charge < -0.3 is 0 Å². The molecule has 0 amide bonds. The Hall–Kier alpha value is -1.30. The van der Waals surface area contributed by atoms with Crippen molar-refractivity contribution in [3.05, 3.63) is 80.9 Å². The molecule has 0 fully saturated rings. The summed E-state index contributed by atoms with van der Waals surface area (Å²) in [5, 5.41) is 0. The minimum absolute atomic E-state index is 0. The van der Waals surface area contributed by atoms with Crippen LogP contribution in [-0.2, 0) is 29.9 Å².